The minimum Gasteiger partial charge on any atom is -0.356 e. The first-order chi connectivity index (χ1) is 11.8. The minimum atomic E-state index is -0.616. The lowest BCUT2D eigenvalue weighted by molar-refractivity contribution is -0.127. The molecule has 6 nitrogen and oxygen atoms in total. The molecule has 1 aromatic carbocycles. The summed E-state index contributed by atoms with van der Waals surface area (Å²) in [6, 6.07) is 5.12. The summed E-state index contributed by atoms with van der Waals surface area (Å²) in [5.74, 6) is -0.667. The van der Waals surface area contributed by atoms with Gasteiger partial charge in [-0.1, -0.05) is 32.4 Å². The molecular weight excluding hydrogens is 318 g/mol. The third kappa shape index (κ3) is 6.57. The first-order valence-electron chi connectivity index (χ1n) is 8.67. The number of rotatable bonds is 8. The smallest absolute Gasteiger partial charge is 0.247 e. The Morgan fingerprint density at radius 2 is 1.84 bits per heavy atom. The Bertz CT molecular complexity index is 628. The van der Waals surface area contributed by atoms with Crippen molar-refractivity contribution < 1.29 is 14.4 Å². The van der Waals surface area contributed by atoms with E-state index in [1.165, 1.54) is 6.92 Å². The second-order valence-corrected chi connectivity index (χ2v) is 6.40. The molecule has 0 saturated heterocycles. The lowest BCUT2D eigenvalue weighted by atomic mass is 9.97. The van der Waals surface area contributed by atoms with Crippen molar-refractivity contribution in [2.75, 3.05) is 11.9 Å². The molecule has 0 aliphatic rings. The van der Waals surface area contributed by atoms with Crippen LogP contribution in [0.5, 0.6) is 0 Å². The number of aryl methyl sites for hydroxylation is 1. The van der Waals surface area contributed by atoms with Gasteiger partial charge in [-0.25, -0.2) is 0 Å². The predicted molar refractivity (Wildman–Crippen MR) is 99.2 cm³/mol. The molecule has 25 heavy (non-hydrogen) atoms. The molecule has 0 bridgehead atoms. The van der Waals surface area contributed by atoms with Crippen molar-refractivity contribution in [1.29, 1.82) is 0 Å². The van der Waals surface area contributed by atoms with E-state index in [4.69, 9.17) is 0 Å². The number of hydrogen-bond donors (Lipinski definition) is 3. The van der Waals surface area contributed by atoms with Gasteiger partial charge in [0.05, 0.1) is 0 Å². The Hall–Kier alpha value is -2.37. The largest absolute Gasteiger partial charge is 0.356 e. The van der Waals surface area contributed by atoms with E-state index in [2.05, 4.69) is 16.0 Å². The number of hydrogen-bond acceptors (Lipinski definition) is 3. The summed E-state index contributed by atoms with van der Waals surface area (Å²) in [5.41, 5.74) is 2.86. The summed E-state index contributed by atoms with van der Waals surface area (Å²) >= 11 is 0. The van der Waals surface area contributed by atoms with Gasteiger partial charge >= 0.3 is 0 Å². The van der Waals surface area contributed by atoms with Crippen LogP contribution in [0.4, 0.5) is 5.69 Å². The molecule has 1 rings (SSSR count). The van der Waals surface area contributed by atoms with Gasteiger partial charge < -0.3 is 16.0 Å². The number of carbonyl (C=O) groups excluding carboxylic acids is 3. The number of carbonyl (C=O) groups is 3. The van der Waals surface area contributed by atoms with Gasteiger partial charge in [-0.3, -0.25) is 14.4 Å². The van der Waals surface area contributed by atoms with Crippen LogP contribution in [0.1, 0.15) is 44.7 Å². The van der Waals surface area contributed by atoms with Crippen molar-refractivity contribution >= 4 is 23.4 Å². The maximum Gasteiger partial charge on any atom is 0.247 e. The second-order valence-electron chi connectivity index (χ2n) is 6.40. The molecule has 0 aromatic heterocycles. The first kappa shape index (κ1) is 20.7. The fraction of sp³-hybridized carbons (Fsp3) is 0.526. The zero-order chi connectivity index (χ0) is 19.0. The molecular formula is C19H29N3O3. The van der Waals surface area contributed by atoms with E-state index in [0.29, 0.717) is 0 Å². The summed E-state index contributed by atoms with van der Waals surface area (Å²) in [6.07, 6.45) is 0.903. The Morgan fingerprint density at radius 3 is 2.44 bits per heavy atom. The summed E-state index contributed by atoms with van der Waals surface area (Å²) in [6.45, 7) is 9.51. The third-order valence-electron chi connectivity index (χ3n) is 4.40. The first-order valence-corrected chi connectivity index (χ1v) is 8.67. The lowest BCUT2D eigenvalue weighted by Crippen LogP contribution is -2.48. The van der Waals surface area contributed by atoms with E-state index in [-0.39, 0.29) is 36.6 Å². The highest BCUT2D eigenvalue weighted by Gasteiger charge is 2.26. The van der Waals surface area contributed by atoms with E-state index in [9.17, 15) is 14.4 Å². The molecule has 0 aliphatic carbocycles. The maximum absolute atomic E-state index is 12.7. The minimum absolute atomic E-state index is 0.00479. The molecule has 0 fully saturated rings. The zero-order valence-electron chi connectivity index (χ0n) is 15.7. The Labute approximate surface area is 149 Å². The van der Waals surface area contributed by atoms with Crippen LogP contribution in [-0.2, 0) is 14.4 Å². The van der Waals surface area contributed by atoms with Gasteiger partial charge in [0.25, 0.3) is 0 Å². The van der Waals surface area contributed by atoms with Crippen LogP contribution in [-0.4, -0.2) is 30.3 Å². The summed E-state index contributed by atoms with van der Waals surface area (Å²) in [7, 11) is 0. The van der Waals surface area contributed by atoms with Crippen molar-refractivity contribution in [2.45, 2.75) is 53.5 Å². The van der Waals surface area contributed by atoms with Crippen LogP contribution in [0.2, 0.25) is 0 Å². The number of anilines is 1. The quantitative estimate of drug-likeness (QED) is 0.674. The van der Waals surface area contributed by atoms with Gasteiger partial charge in [0, 0.05) is 25.6 Å². The van der Waals surface area contributed by atoms with Crippen LogP contribution in [0.25, 0.3) is 0 Å². The van der Waals surface area contributed by atoms with E-state index in [1.807, 2.05) is 45.9 Å². The summed E-state index contributed by atoms with van der Waals surface area (Å²) < 4.78 is 0. The van der Waals surface area contributed by atoms with Gasteiger partial charge in [-0.15, -0.1) is 0 Å². The summed E-state index contributed by atoms with van der Waals surface area (Å²) in [4.78, 5) is 35.7. The molecule has 6 heteroatoms. The van der Waals surface area contributed by atoms with Crippen molar-refractivity contribution in [3.05, 3.63) is 29.3 Å². The highest BCUT2D eigenvalue weighted by atomic mass is 16.2. The zero-order valence-corrected chi connectivity index (χ0v) is 15.7. The average molecular weight is 347 g/mol. The predicted octanol–water partition coefficient (Wildman–Crippen LogP) is 2.30. The van der Waals surface area contributed by atoms with Gasteiger partial charge in [-0.05, 0) is 37.0 Å². The van der Waals surface area contributed by atoms with E-state index in [1.54, 1.807) is 0 Å². The standard InChI is InChI=1S/C19H29N3O3/c1-6-12(2)18(22-17(24)10-11-20-15(5)23)19(25)21-16-9-7-8-13(3)14(16)4/h7-9,12,18H,6,10-11H2,1-5H3,(H,20,23)(H,21,25)(H,22,24)/t12?,18-/m1/s1. The van der Waals surface area contributed by atoms with Crippen molar-refractivity contribution in [3.8, 4) is 0 Å². The normalized spacial score (nSPS) is 12.8. The maximum atomic E-state index is 12.7. The van der Waals surface area contributed by atoms with Crippen molar-refractivity contribution in [1.82, 2.24) is 10.6 Å². The van der Waals surface area contributed by atoms with Gasteiger partial charge in [0.2, 0.25) is 17.7 Å². The van der Waals surface area contributed by atoms with Gasteiger partial charge in [0.15, 0.2) is 0 Å². The molecule has 2 atom stereocenters. The fourth-order valence-corrected chi connectivity index (χ4v) is 2.40. The van der Waals surface area contributed by atoms with Crippen LogP contribution >= 0.6 is 0 Å². The molecule has 0 heterocycles. The Kier molecular flexibility index (Phi) is 8.11. The topological polar surface area (TPSA) is 87.3 Å². The van der Waals surface area contributed by atoms with Crippen LogP contribution in [0.3, 0.4) is 0 Å². The van der Waals surface area contributed by atoms with Crippen LogP contribution in [0, 0.1) is 19.8 Å². The number of nitrogens with one attached hydrogen (secondary N) is 3. The molecule has 0 aliphatic heterocycles. The van der Waals surface area contributed by atoms with Crippen LogP contribution < -0.4 is 16.0 Å². The molecule has 0 saturated carbocycles. The second kappa shape index (κ2) is 9.81. The number of amides is 3. The van der Waals surface area contributed by atoms with Crippen molar-refractivity contribution in [3.63, 3.8) is 0 Å². The molecule has 0 radical (unpaired) electrons. The molecule has 138 valence electrons. The molecule has 1 unspecified atom stereocenters. The molecule has 1 aromatic rings. The van der Waals surface area contributed by atoms with Gasteiger partial charge in [-0.2, -0.15) is 0 Å². The highest BCUT2D eigenvalue weighted by molar-refractivity contribution is 5.98. The monoisotopic (exact) mass is 347 g/mol. The highest BCUT2D eigenvalue weighted by Crippen LogP contribution is 2.19. The van der Waals surface area contributed by atoms with Crippen molar-refractivity contribution in [2.24, 2.45) is 5.92 Å². The van der Waals surface area contributed by atoms with Crippen LogP contribution in [0.15, 0.2) is 18.2 Å². The van der Waals surface area contributed by atoms with E-state index >= 15 is 0 Å². The fourth-order valence-electron chi connectivity index (χ4n) is 2.40. The third-order valence-corrected chi connectivity index (χ3v) is 4.40. The molecule has 3 N–H and O–H groups in total. The average Bonchev–Trinajstić information content (AvgIpc) is 2.55. The number of benzene rings is 1. The molecule has 3 amide bonds. The SMILES string of the molecule is CCC(C)[C@@H](NC(=O)CCNC(C)=O)C(=O)Nc1cccc(C)c1C. The Morgan fingerprint density at radius 1 is 1.16 bits per heavy atom. The summed E-state index contributed by atoms with van der Waals surface area (Å²) in [5, 5.41) is 8.29. The van der Waals surface area contributed by atoms with E-state index in [0.717, 1.165) is 23.2 Å². The Balaban J connectivity index is 2.77. The lowest BCUT2D eigenvalue weighted by Gasteiger charge is -2.24. The molecule has 0 spiro atoms. The van der Waals surface area contributed by atoms with E-state index < -0.39 is 6.04 Å². The van der Waals surface area contributed by atoms with Gasteiger partial charge in [0.1, 0.15) is 6.04 Å².